The summed E-state index contributed by atoms with van der Waals surface area (Å²) in [6.45, 7) is 4.29. The minimum absolute atomic E-state index is 0.0225. The van der Waals surface area contributed by atoms with E-state index in [2.05, 4.69) is 38.1 Å². The predicted molar refractivity (Wildman–Crippen MR) is 68.5 cm³/mol. The zero-order valence-electron chi connectivity index (χ0n) is 10.6. The SMILES string of the molecule is CCCc1ccc(C(N)C(CC)OC)cc1. The topological polar surface area (TPSA) is 35.2 Å². The Labute approximate surface area is 98.8 Å². The van der Waals surface area contributed by atoms with Crippen molar-refractivity contribution in [2.45, 2.75) is 45.3 Å². The molecule has 1 rings (SSSR count). The molecule has 0 fully saturated rings. The molecular weight excluding hydrogens is 198 g/mol. The standard InChI is InChI=1S/C14H23NO/c1-4-6-11-7-9-12(10-8-11)14(15)13(5-2)16-3/h7-10,13-14H,4-6,15H2,1-3H3. The third-order valence-corrected chi connectivity index (χ3v) is 3.01. The Bertz CT molecular complexity index is 290. The van der Waals surface area contributed by atoms with Crippen LogP contribution in [0.25, 0.3) is 0 Å². The third-order valence-electron chi connectivity index (χ3n) is 3.01. The Morgan fingerprint density at radius 2 is 1.81 bits per heavy atom. The summed E-state index contributed by atoms with van der Waals surface area (Å²) < 4.78 is 5.37. The molecule has 0 aliphatic heterocycles. The first-order valence-corrected chi connectivity index (χ1v) is 6.10. The van der Waals surface area contributed by atoms with Crippen LogP contribution in [0.5, 0.6) is 0 Å². The van der Waals surface area contributed by atoms with Crippen LogP contribution < -0.4 is 5.73 Å². The van der Waals surface area contributed by atoms with Gasteiger partial charge in [-0.15, -0.1) is 0 Å². The number of benzene rings is 1. The van der Waals surface area contributed by atoms with E-state index in [1.165, 1.54) is 12.0 Å². The van der Waals surface area contributed by atoms with Gasteiger partial charge in [-0.25, -0.2) is 0 Å². The Morgan fingerprint density at radius 1 is 1.19 bits per heavy atom. The van der Waals surface area contributed by atoms with Crippen molar-refractivity contribution in [2.75, 3.05) is 7.11 Å². The largest absolute Gasteiger partial charge is 0.379 e. The highest BCUT2D eigenvalue weighted by Gasteiger charge is 2.16. The number of methoxy groups -OCH3 is 1. The van der Waals surface area contributed by atoms with Crippen molar-refractivity contribution in [1.29, 1.82) is 0 Å². The number of hydrogen-bond donors (Lipinski definition) is 1. The van der Waals surface area contributed by atoms with Gasteiger partial charge >= 0.3 is 0 Å². The van der Waals surface area contributed by atoms with Crippen LogP contribution in [0, 0.1) is 0 Å². The summed E-state index contributed by atoms with van der Waals surface area (Å²) in [5.41, 5.74) is 8.70. The van der Waals surface area contributed by atoms with Crippen LogP contribution in [-0.2, 0) is 11.2 Å². The van der Waals surface area contributed by atoms with E-state index >= 15 is 0 Å². The first-order chi connectivity index (χ1) is 7.72. The van der Waals surface area contributed by atoms with Crippen LogP contribution in [0.1, 0.15) is 43.9 Å². The Hall–Kier alpha value is -0.860. The monoisotopic (exact) mass is 221 g/mol. The molecule has 0 aliphatic rings. The van der Waals surface area contributed by atoms with E-state index < -0.39 is 0 Å². The Morgan fingerprint density at radius 3 is 2.25 bits per heavy atom. The number of hydrogen-bond acceptors (Lipinski definition) is 2. The van der Waals surface area contributed by atoms with Gasteiger partial charge in [-0.05, 0) is 24.0 Å². The average Bonchev–Trinajstić information content (AvgIpc) is 2.32. The highest BCUT2D eigenvalue weighted by Crippen LogP contribution is 2.19. The Kier molecular flexibility index (Phi) is 5.50. The smallest absolute Gasteiger partial charge is 0.0761 e. The molecule has 0 radical (unpaired) electrons. The molecule has 0 aromatic heterocycles. The second-order valence-electron chi connectivity index (χ2n) is 4.20. The van der Waals surface area contributed by atoms with Gasteiger partial charge in [0.2, 0.25) is 0 Å². The summed E-state index contributed by atoms with van der Waals surface area (Å²) in [7, 11) is 1.72. The molecule has 2 unspecified atom stereocenters. The van der Waals surface area contributed by atoms with Gasteiger partial charge in [0.25, 0.3) is 0 Å². The zero-order chi connectivity index (χ0) is 12.0. The molecule has 90 valence electrons. The maximum atomic E-state index is 6.16. The van der Waals surface area contributed by atoms with Gasteiger partial charge in [0, 0.05) is 7.11 Å². The van der Waals surface area contributed by atoms with E-state index in [9.17, 15) is 0 Å². The lowest BCUT2D eigenvalue weighted by Crippen LogP contribution is -2.27. The molecule has 0 heterocycles. The molecule has 1 aromatic carbocycles. The van der Waals surface area contributed by atoms with E-state index in [0.29, 0.717) is 0 Å². The van der Waals surface area contributed by atoms with Crippen molar-refractivity contribution in [3.8, 4) is 0 Å². The van der Waals surface area contributed by atoms with Crippen LogP contribution in [0.2, 0.25) is 0 Å². The molecule has 0 bridgehead atoms. The van der Waals surface area contributed by atoms with Crippen LogP contribution in [0.3, 0.4) is 0 Å². The number of rotatable bonds is 6. The summed E-state index contributed by atoms with van der Waals surface area (Å²) in [6.07, 6.45) is 3.36. The fourth-order valence-corrected chi connectivity index (χ4v) is 1.98. The predicted octanol–water partition coefficient (Wildman–Crippen LogP) is 3.06. The van der Waals surface area contributed by atoms with Gasteiger partial charge in [-0.3, -0.25) is 0 Å². The maximum absolute atomic E-state index is 6.16. The van der Waals surface area contributed by atoms with Crippen molar-refractivity contribution < 1.29 is 4.74 Å². The summed E-state index contributed by atoms with van der Waals surface area (Å²) >= 11 is 0. The Balaban J connectivity index is 2.72. The van der Waals surface area contributed by atoms with Crippen molar-refractivity contribution >= 4 is 0 Å². The van der Waals surface area contributed by atoms with Crippen LogP contribution >= 0.6 is 0 Å². The maximum Gasteiger partial charge on any atom is 0.0761 e. The summed E-state index contributed by atoms with van der Waals surface area (Å²) in [4.78, 5) is 0. The minimum Gasteiger partial charge on any atom is -0.379 e. The van der Waals surface area contributed by atoms with E-state index in [1.807, 2.05) is 0 Å². The molecule has 2 atom stereocenters. The molecule has 0 saturated carbocycles. The second-order valence-corrected chi connectivity index (χ2v) is 4.20. The quantitative estimate of drug-likeness (QED) is 0.801. The van der Waals surface area contributed by atoms with E-state index in [4.69, 9.17) is 10.5 Å². The van der Waals surface area contributed by atoms with Crippen molar-refractivity contribution in [2.24, 2.45) is 5.73 Å². The molecule has 0 saturated heterocycles. The van der Waals surface area contributed by atoms with E-state index in [-0.39, 0.29) is 12.1 Å². The minimum atomic E-state index is -0.0225. The first kappa shape index (κ1) is 13.2. The van der Waals surface area contributed by atoms with E-state index in [1.54, 1.807) is 7.11 Å². The highest BCUT2D eigenvalue weighted by molar-refractivity contribution is 5.25. The second kappa shape index (κ2) is 6.66. The number of nitrogens with two attached hydrogens (primary N) is 1. The molecule has 2 nitrogen and oxygen atoms in total. The van der Waals surface area contributed by atoms with Gasteiger partial charge in [0.1, 0.15) is 0 Å². The molecule has 2 N–H and O–H groups in total. The van der Waals surface area contributed by atoms with Crippen molar-refractivity contribution in [3.05, 3.63) is 35.4 Å². The third kappa shape index (κ3) is 3.32. The molecular formula is C14H23NO. The molecule has 1 aromatic rings. The summed E-state index contributed by atoms with van der Waals surface area (Å²) in [5, 5.41) is 0. The summed E-state index contributed by atoms with van der Waals surface area (Å²) in [5.74, 6) is 0. The fourth-order valence-electron chi connectivity index (χ4n) is 1.98. The van der Waals surface area contributed by atoms with Gasteiger partial charge < -0.3 is 10.5 Å². The van der Waals surface area contributed by atoms with Gasteiger partial charge in [-0.1, -0.05) is 44.5 Å². The number of ether oxygens (including phenoxy) is 1. The van der Waals surface area contributed by atoms with E-state index in [0.717, 1.165) is 18.4 Å². The van der Waals surface area contributed by atoms with Crippen LogP contribution in [0.4, 0.5) is 0 Å². The lowest BCUT2D eigenvalue weighted by atomic mass is 9.98. The molecule has 0 amide bonds. The highest BCUT2D eigenvalue weighted by atomic mass is 16.5. The average molecular weight is 221 g/mol. The van der Waals surface area contributed by atoms with Gasteiger partial charge in [0.05, 0.1) is 12.1 Å². The van der Waals surface area contributed by atoms with Crippen molar-refractivity contribution in [1.82, 2.24) is 0 Å². The van der Waals surface area contributed by atoms with Crippen LogP contribution in [-0.4, -0.2) is 13.2 Å². The first-order valence-electron chi connectivity index (χ1n) is 6.10. The summed E-state index contributed by atoms with van der Waals surface area (Å²) in [6, 6.07) is 8.56. The molecule has 16 heavy (non-hydrogen) atoms. The molecule has 0 spiro atoms. The zero-order valence-corrected chi connectivity index (χ0v) is 10.6. The number of aryl methyl sites for hydroxylation is 1. The fraction of sp³-hybridized carbons (Fsp3) is 0.571. The lowest BCUT2D eigenvalue weighted by Gasteiger charge is -2.21. The lowest BCUT2D eigenvalue weighted by molar-refractivity contribution is 0.0772. The molecule has 2 heteroatoms. The normalized spacial score (nSPS) is 14.8. The van der Waals surface area contributed by atoms with Crippen LogP contribution in [0.15, 0.2) is 24.3 Å². The van der Waals surface area contributed by atoms with Crippen molar-refractivity contribution in [3.63, 3.8) is 0 Å². The van der Waals surface area contributed by atoms with Gasteiger partial charge in [0.15, 0.2) is 0 Å². The molecule has 0 aliphatic carbocycles. The van der Waals surface area contributed by atoms with Gasteiger partial charge in [-0.2, -0.15) is 0 Å².